The number of nitrogen functional groups attached to an aromatic ring is 1. The molecule has 0 aliphatic carbocycles. The standard InChI is InChI=1S/C24H18N4O2S2/c1-30-16-9-7-15(8-10-16)18-12-11-17-20(25)21(32-23(17)26-18)22(29)28-24-27-19(13-31-24)14-5-3-2-4-6-14/h2-13H,25H2,1H3,(H,27,28,29). The van der Waals surface area contributed by atoms with Gasteiger partial charge < -0.3 is 10.5 Å². The second-order valence-electron chi connectivity index (χ2n) is 6.98. The van der Waals surface area contributed by atoms with Crippen LogP contribution in [0.3, 0.4) is 0 Å². The molecule has 3 N–H and O–H groups in total. The predicted molar refractivity (Wildman–Crippen MR) is 132 cm³/mol. The fraction of sp³-hybridized carbons (Fsp3) is 0.0417. The number of nitrogens with two attached hydrogens (primary N) is 1. The van der Waals surface area contributed by atoms with Gasteiger partial charge in [-0.3, -0.25) is 10.1 Å². The van der Waals surface area contributed by atoms with E-state index in [0.717, 1.165) is 33.7 Å². The second kappa shape index (κ2) is 8.41. The Bertz CT molecular complexity index is 1410. The van der Waals surface area contributed by atoms with Gasteiger partial charge in [0.25, 0.3) is 5.91 Å². The van der Waals surface area contributed by atoms with Crippen molar-refractivity contribution in [1.29, 1.82) is 0 Å². The lowest BCUT2D eigenvalue weighted by Crippen LogP contribution is -2.11. The molecule has 2 aromatic carbocycles. The summed E-state index contributed by atoms with van der Waals surface area (Å²) in [7, 11) is 1.63. The number of aromatic nitrogens is 2. The number of thiophene rings is 1. The quantitative estimate of drug-likeness (QED) is 0.341. The molecule has 158 valence electrons. The fourth-order valence-electron chi connectivity index (χ4n) is 3.31. The first-order chi connectivity index (χ1) is 15.6. The van der Waals surface area contributed by atoms with Gasteiger partial charge in [-0.1, -0.05) is 30.3 Å². The van der Waals surface area contributed by atoms with Gasteiger partial charge in [0.15, 0.2) is 5.13 Å². The zero-order valence-corrected chi connectivity index (χ0v) is 18.7. The third-order valence-corrected chi connectivity index (χ3v) is 6.85. The molecule has 0 saturated carbocycles. The molecule has 6 nitrogen and oxygen atoms in total. The lowest BCUT2D eigenvalue weighted by Gasteiger charge is -2.03. The van der Waals surface area contributed by atoms with Crippen molar-refractivity contribution in [1.82, 2.24) is 9.97 Å². The molecule has 0 saturated heterocycles. The number of ether oxygens (including phenoxy) is 1. The summed E-state index contributed by atoms with van der Waals surface area (Å²) in [5, 5.41) is 6.08. The number of amides is 1. The fourth-order valence-corrected chi connectivity index (χ4v) is 5.02. The molecule has 1 amide bonds. The number of methoxy groups -OCH3 is 1. The van der Waals surface area contributed by atoms with Crippen molar-refractivity contribution in [3.05, 3.63) is 77.0 Å². The van der Waals surface area contributed by atoms with E-state index in [1.807, 2.05) is 72.1 Å². The SMILES string of the molecule is COc1ccc(-c2ccc3c(N)c(C(=O)Nc4nc(-c5ccccc5)cs4)sc3n2)cc1. The lowest BCUT2D eigenvalue weighted by molar-refractivity contribution is 0.103. The highest BCUT2D eigenvalue weighted by Crippen LogP contribution is 2.35. The van der Waals surface area contributed by atoms with E-state index in [-0.39, 0.29) is 5.91 Å². The summed E-state index contributed by atoms with van der Waals surface area (Å²) in [5.74, 6) is 0.497. The van der Waals surface area contributed by atoms with E-state index in [9.17, 15) is 4.79 Å². The van der Waals surface area contributed by atoms with Crippen LogP contribution >= 0.6 is 22.7 Å². The smallest absolute Gasteiger partial charge is 0.269 e. The van der Waals surface area contributed by atoms with E-state index in [1.165, 1.54) is 22.7 Å². The lowest BCUT2D eigenvalue weighted by atomic mass is 10.1. The average molecular weight is 459 g/mol. The number of rotatable bonds is 5. The Balaban J connectivity index is 1.40. The summed E-state index contributed by atoms with van der Waals surface area (Å²) in [6.45, 7) is 0. The molecule has 5 aromatic rings. The van der Waals surface area contributed by atoms with Gasteiger partial charge >= 0.3 is 0 Å². The zero-order valence-electron chi connectivity index (χ0n) is 17.0. The molecule has 5 rings (SSSR count). The summed E-state index contributed by atoms with van der Waals surface area (Å²) >= 11 is 2.65. The van der Waals surface area contributed by atoms with Gasteiger partial charge in [0.1, 0.15) is 15.5 Å². The topological polar surface area (TPSA) is 90.1 Å². The van der Waals surface area contributed by atoms with Crippen molar-refractivity contribution >= 4 is 49.6 Å². The van der Waals surface area contributed by atoms with Crippen LogP contribution in [0.5, 0.6) is 5.75 Å². The Hall–Kier alpha value is -3.75. The normalized spacial score (nSPS) is 10.9. The minimum atomic E-state index is -0.287. The highest BCUT2D eigenvalue weighted by molar-refractivity contribution is 7.21. The molecule has 8 heteroatoms. The second-order valence-corrected chi connectivity index (χ2v) is 8.84. The van der Waals surface area contributed by atoms with Crippen molar-refractivity contribution in [3.8, 4) is 28.3 Å². The van der Waals surface area contributed by atoms with Crippen molar-refractivity contribution in [3.63, 3.8) is 0 Å². The number of nitrogens with one attached hydrogen (secondary N) is 1. The minimum Gasteiger partial charge on any atom is -0.497 e. The highest BCUT2D eigenvalue weighted by atomic mass is 32.1. The van der Waals surface area contributed by atoms with E-state index in [0.29, 0.717) is 20.5 Å². The maximum Gasteiger partial charge on any atom is 0.269 e. The first-order valence-electron chi connectivity index (χ1n) is 9.78. The van der Waals surface area contributed by atoms with E-state index >= 15 is 0 Å². The van der Waals surface area contributed by atoms with E-state index in [1.54, 1.807) is 7.11 Å². The molecule has 32 heavy (non-hydrogen) atoms. The zero-order chi connectivity index (χ0) is 22.1. The van der Waals surface area contributed by atoms with Gasteiger partial charge in [-0.05, 0) is 36.4 Å². The molecule has 0 radical (unpaired) electrons. The molecule has 0 aliphatic rings. The van der Waals surface area contributed by atoms with Crippen molar-refractivity contribution in [2.45, 2.75) is 0 Å². The predicted octanol–water partition coefficient (Wildman–Crippen LogP) is 5.93. The maximum absolute atomic E-state index is 12.9. The molecule has 0 unspecified atom stereocenters. The van der Waals surface area contributed by atoms with Gasteiger partial charge in [0.05, 0.1) is 24.2 Å². The van der Waals surface area contributed by atoms with E-state index in [2.05, 4.69) is 10.3 Å². The first kappa shape index (κ1) is 20.2. The Labute approximate surface area is 192 Å². The molecule has 0 fully saturated rings. The van der Waals surface area contributed by atoms with Gasteiger partial charge in [-0.2, -0.15) is 0 Å². The summed E-state index contributed by atoms with van der Waals surface area (Å²) in [6.07, 6.45) is 0. The Kier molecular flexibility index (Phi) is 5.30. The van der Waals surface area contributed by atoms with Gasteiger partial charge in [-0.15, -0.1) is 22.7 Å². The Morgan fingerprint density at radius 3 is 2.44 bits per heavy atom. The van der Waals surface area contributed by atoms with E-state index < -0.39 is 0 Å². The first-order valence-corrected chi connectivity index (χ1v) is 11.5. The maximum atomic E-state index is 12.9. The molecule has 3 heterocycles. The minimum absolute atomic E-state index is 0.287. The number of anilines is 2. The number of nitrogens with zero attached hydrogens (tertiary/aromatic N) is 2. The molecule has 0 bridgehead atoms. The highest BCUT2D eigenvalue weighted by Gasteiger charge is 2.19. The number of hydrogen-bond donors (Lipinski definition) is 2. The van der Waals surface area contributed by atoms with Gasteiger partial charge in [-0.25, -0.2) is 9.97 Å². The largest absolute Gasteiger partial charge is 0.497 e. The van der Waals surface area contributed by atoms with Crippen LogP contribution in [0.15, 0.2) is 72.1 Å². The van der Waals surface area contributed by atoms with Crippen LogP contribution in [0.2, 0.25) is 0 Å². The van der Waals surface area contributed by atoms with Crippen LogP contribution in [0.25, 0.3) is 32.7 Å². The molecule has 0 spiro atoms. The summed E-state index contributed by atoms with van der Waals surface area (Å²) in [4.78, 5) is 23.3. The molecule has 0 aliphatic heterocycles. The molecular formula is C24H18N4O2S2. The Morgan fingerprint density at radius 1 is 0.938 bits per heavy atom. The number of thiazole rings is 1. The number of carbonyl (C=O) groups is 1. The van der Waals surface area contributed by atoms with Crippen molar-refractivity contribution < 1.29 is 9.53 Å². The van der Waals surface area contributed by atoms with Crippen LogP contribution in [0, 0.1) is 0 Å². The Morgan fingerprint density at radius 2 is 1.69 bits per heavy atom. The van der Waals surface area contributed by atoms with Gasteiger partial charge in [0.2, 0.25) is 0 Å². The van der Waals surface area contributed by atoms with E-state index in [4.69, 9.17) is 15.5 Å². The van der Waals surface area contributed by atoms with Crippen molar-refractivity contribution in [2.24, 2.45) is 0 Å². The molecule has 0 atom stereocenters. The summed E-state index contributed by atoms with van der Waals surface area (Å²) in [5.41, 5.74) is 10.3. The van der Waals surface area contributed by atoms with Crippen LogP contribution in [0.1, 0.15) is 9.67 Å². The summed E-state index contributed by atoms with van der Waals surface area (Å²) < 4.78 is 5.21. The van der Waals surface area contributed by atoms with Crippen molar-refractivity contribution in [2.75, 3.05) is 18.2 Å². The number of carbonyl (C=O) groups excluding carboxylic acids is 1. The third kappa shape index (κ3) is 3.81. The molecule has 3 aromatic heterocycles. The third-order valence-electron chi connectivity index (χ3n) is 4.98. The van der Waals surface area contributed by atoms with Gasteiger partial charge in [0, 0.05) is 21.9 Å². The van der Waals surface area contributed by atoms with Crippen LogP contribution < -0.4 is 15.8 Å². The number of hydrogen-bond acceptors (Lipinski definition) is 7. The summed E-state index contributed by atoms with van der Waals surface area (Å²) in [6, 6.07) is 21.3. The van der Waals surface area contributed by atoms with Crippen LogP contribution in [-0.2, 0) is 0 Å². The van der Waals surface area contributed by atoms with Crippen LogP contribution in [-0.4, -0.2) is 23.0 Å². The number of fused-ring (bicyclic) bond motifs is 1. The van der Waals surface area contributed by atoms with Crippen LogP contribution in [0.4, 0.5) is 10.8 Å². The monoisotopic (exact) mass is 458 g/mol. The number of benzene rings is 2. The number of pyridine rings is 1. The molecular weight excluding hydrogens is 440 g/mol. The average Bonchev–Trinajstić information content (AvgIpc) is 3.44.